The number of rotatable bonds is 23. The van der Waals surface area contributed by atoms with Crippen LogP contribution in [0.1, 0.15) is 53.5 Å². The fourth-order valence-corrected chi connectivity index (χ4v) is 12.9. The summed E-state index contributed by atoms with van der Waals surface area (Å²) in [5.74, 6) is -2.46. The fraction of sp³-hybridized carbons (Fsp3) is 0.410. The molecule has 3 heterocycles. The van der Waals surface area contributed by atoms with Crippen molar-refractivity contribution >= 4 is 19.4 Å². The first-order valence-corrected chi connectivity index (χ1v) is 27.7. The second kappa shape index (κ2) is 25.9. The molecule has 390 valence electrons. The van der Waals surface area contributed by atoms with Crippen molar-refractivity contribution in [2.45, 2.75) is 130 Å². The van der Waals surface area contributed by atoms with Gasteiger partial charge in [-0.15, -0.1) is 0 Å². The third-order valence-electron chi connectivity index (χ3n) is 14.3. The van der Waals surface area contributed by atoms with Crippen molar-refractivity contribution < 1.29 is 56.8 Å². The second-order valence-electron chi connectivity index (χ2n) is 19.2. The van der Waals surface area contributed by atoms with E-state index in [4.69, 9.17) is 56.8 Å². The molecule has 0 aromatic heterocycles. The van der Waals surface area contributed by atoms with E-state index in [1.807, 2.05) is 121 Å². The Hall–Kier alpha value is -4.64. The van der Waals surface area contributed by atoms with Crippen LogP contribution in [-0.4, -0.2) is 114 Å². The Morgan fingerprint density at radius 3 is 1.31 bits per heavy atom. The van der Waals surface area contributed by atoms with Crippen molar-refractivity contribution in [2.75, 3.05) is 27.4 Å². The maximum atomic E-state index is 7.64. The molecule has 1 saturated carbocycles. The summed E-state index contributed by atoms with van der Waals surface area (Å²) in [5.41, 5.74) is 5.08. The zero-order valence-corrected chi connectivity index (χ0v) is 43.9. The Labute approximate surface area is 441 Å². The summed E-state index contributed by atoms with van der Waals surface area (Å²) in [6.07, 6.45) is -3.93. The van der Waals surface area contributed by atoms with E-state index in [1.54, 1.807) is 14.2 Å². The van der Waals surface area contributed by atoms with Crippen LogP contribution in [-0.2, 0) is 89.9 Å². The van der Waals surface area contributed by atoms with Crippen molar-refractivity contribution in [1.29, 1.82) is 0 Å². The monoisotopic (exact) mass is 1070 g/mol. The predicted molar refractivity (Wildman–Crippen MR) is 279 cm³/mol. The van der Waals surface area contributed by atoms with Crippen LogP contribution in [0.2, 0.25) is 0 Å². The van der Waals surface area contributed by atoms with E-state index in [-0.39, 0.29) is 41.4 Å². The van der Waals surface area contributed by atoms with Crippen LogP contribution in [0, 0.1) is 0 Å². The van der Waals surface area contributed by atoms with Crippen LogP contribution in [0.3, 0.4) is 0 Å². The number of hydrogen-bond acceptors (Lipinski definition) is 12. The molecule has 0 radical (unpaired) electrons. The normalized spacial score (nSPS) is 29.8. The molecule has 0 N–H and O–H groups in total. The molecule has 6 aromatic rings. The molecular weight excluding hydrogens is 1000 g/mol. The molecule has 0 amide bonds. The third kappa shape index (κ3) is 12.8. The summed E-state index contributed by atoms with van der Waals surface area (Å²) in [6, 6.07) is 61.0. The number of hydrogen-bond donors (Lipinski definition) is 0. The van der Waals surface area contributed by atoms with E-state index in [2.05, 4.69) is 60.7 Å². The van der Waals surface area contributed by atoms with Crippen LogP contribution in [0.15, 0.2) is 182 Å². The Kier molecular flexibility index (Phi) is 18.5. The van der Waals surface area contributed by atoms with Crippen LogP contribution in [0.25, 0.3) is 0 Å². The van der Waals surface area contributed by atoms with Crippen molar-refractivity contribution in [2.24, 2.45) is 0 Å². The van der Waals surface area contributed by atoms with Crippen molar-refractivity contribution in [3.63, 3.8) is 0 Å². The van der Waals surface area contributed by atoms with Gasteiger partial charge in [-0.05, 0) is 0 Å². The fourth-order valence-electron chi connectivity index (χ4n) is 10.5. The van der Waals surface area contributed by atoms with Gasteiger partial charge >= 0.3 is 432 Å². The molecule has 4 aliphatic rings. The van der Waals surface area contributed by atoms with E-state index in [0.717, 1.165) is 45.1 Å². The Balaban J connectivity index is 1.05. The average molecular weight is 1070 g/mol. The quantitative estimate of drug-likeness (QED) is 0.0572. The van der Waals surface area contributed by atoms with Gasteiger partial charge in [0.15, 0.2) is 0 Å². The summed E-state index contributed by atoms with van der Waals surface area (Å²) < 4.78 is 85.4. The molecule has 3 aliphatic heterocycles. The molecule has 6 aromatic carbocycles. The van der Waals surface area contributed by atoms with Gasteiger partial charge in [-0.2, -0.15) is 0 Å². The van der Waals surface area contributed by atoms with Gasteiger partial charge in [0.1, 0.15) is 0 Å². The molecular formula is C61H68O12Se. The molecule has 3 saturated heterocycles. The van der Waals surface area contributed by atoms with Gasteiger partial charge in [0.25, 0.3) is 0 Å². The van der Waals surface area contributed by atoms with Crippen LogP contribution in [0.5, 0.6) is 0 Å². The molecule has 13 heteroatoms. The predicted octanol–water partition coefficient (Wildman–Crippen LogP) is 9.08. The van der Waals surface area contributed by atoms with E-state index in [0.29, 0.717) is 32.7 Å². The Morgan fingerprint density at radius 1 is 0.432 bits per heavy atom. The molecule has 4 fully saturated rings. The van der Waals surface area contributed by atoms with Gasteiger partial charge in [0.05, 0.1) is 0 Å². The molecule has 12 nitrogen and oxygen atoms in total. The third-order valence-corrected chi connectivity index (χ3v) is 16.7. The molecule has 74 heavy (non-hydrogen) atoms. The number of methoxy groups -OCH3 is 2. The topological polar surface area (TPSA) is 111 Å². The Morgan fingerprint density at radius 2 is 0.838 bits per heavy atom. The molecule has 10 rings (SSSR count). The maximum absolute atomic E-state index is 7.64. The van der Waals surface area contributed by atoms with Gasteiger partial charge in [-0.25, -0.2) is 0 Å². The van der Waals surface area contributed by atoms with Gasteiger partial charge in [0.2, 0.25) is 0 Å². The minimum atomic E-state index is -1.25. The number of ether oxygens (including phenoxy) is 12. The molecule has 0 unspecified atom stereocenters. The standard InChI is InChI=1S/C61H68O12Se/c1-62-60-35-21-22-36-61(60,63-2)73-55-53(72-60)51(43-65-38-45-25-11-4-12-26-45)70-59(74-49-33-19-8-20-34-49)57(55)71-58-56(68-41-48-31-17-7-18-32-48)54(67-40-47-29-15-6-16-30-47)52(66-39-46-27-13-5-14-28-46)50(69-58)42-64-37-44-23-9-3-10-24-44/h3-20,23-34,50-59H,21-22,35-43H2,1-2H3/t50-,51-,52-,53-,54+,55+,56+,57+,58-,59-,60+,61+/m1/s1. The molecule has 12 atom stereocenters. The van der Waals surface area contributed by atoms with Gasteiger partial charge in [-0.3, -0.25) is 0 Å². The van der Waals surface area contributed by atoms with Crippen LogP contribution >= 0.6 is 0 Å². The molecule has 0 bridgehead atoms. The summed E-state index contributed by atoms with van der Waals surface area (Å²) >= 11 is -0.321. The zero-order chi connectivity index (χ0) is 50.4. The summed E-state index contributed by atoms with van der Waals surface area (Å²) in [6.45, 7) is 1.98. The van der Waals surface area contributed by atoms with E-state index in [1.165, 1.54) is 0 Å². The summed E-state index contributed by atoms with van der Waals surface area (Å²) in [7, 11) is 3.34. The second-order valence-corrected chi connectivity index (χ2v) is 21.6. The number of fused-ring (bicyclic) bond motifs is 2. The van der Waals surface area contributed by atoms with Gasteiger partial charge < -0.3 is 0 Å². The minimum absolute atomic E-state index is 0.166. The SMILES string of the molecule is CO[C@]12CCCC[C@]1(OC)O[C@H]1[C@H](O2)[C@H](O[C@H]2O[C@H](COCc3ccccc3)[C@@H](OCc3ccccc3)[C@H](OCc3ccccc3)[C@@H]2OCc2ccccc2)[C@@H]([Se]c2ccccc2)O[C@@H]1COCc1ccccc1. The summed E-state index contributed by atoms with van der Waals surface area (Å²) in [5, 5.41) is -0.533. The van der Waals surface area contributed by atoms with Crippen molar-refractivity contribution in [1.82, 2.24) is 0 Å². The van der Waals surface area contributed by atoms with Crippen molar-refractivity contribution in [3.8, 4) is 0 Å². The van der Waals surface area contributed by atoms with Crippen LogP contribution < -0.4 is 4.46 Å². The van der Waals surface area contributed by atoms with Crippen LogP contribution in [0.4, 0.5) is 0 Å². The van der Waals surface area contributed by atoms with E-state index >= 15 is 0 Å². The van der Waals surface area contributed by atoms with Gasteiger partial charge in [0, 0.05) is 0 Å². The van der Waals surface area contributed by atoms with Gasteiger partial charge in [-0.1, -0.05) is 12.1 Å². The molecule has 0 spiro atoms. The van der Waals surface area contributed by atoms with E-state index in [9.17, 15) is 0 Å². The first kappa shape index (κ1) is 52.8. The first-order chi connectivity index (χ1) is 36.5. The first-order valence-electron chi connectivity index (χ1n) is 25.9. The number of benzene rings is 6. The zero-order valence-electron chi connectivity index (χ0n) is 42.2. The molecule has 1 aliphatic carbocycles. The Bertz CT molecular complexity index is 2550. The average Bonchev–Trinajstić information content (AvgIpc) is 3.47. The van der Waals surface area contributed by atoms with E-state index < -0.39 is 71.7 Å². The summed E-state index contributed by atoms with van der Waals surface area (Å²) in [4.78, 5) is 0. The van der Waals surface area contributed by atoms with Crippen molar-refractivity contribution in [3.05, 3.63) is 210 Å².